The number of benzene rings is 6. The number of hydrogen-bond donors (Lipinski definition) is 0. The first-order valence-electron chi connectivity index (χ1n) is 15.8. The summed E-state index contributed by atoms with van der Waals surface area (Å²) in [6.45, 7) is 0. The van der Waals surface area contributed by atoms with Crippen LogP contribution in [0.3, 0.4) is 0 Å². The summed E-state index contributed by atoms with van der Waals surface area (Å²) in [5.41, 5.74) is 11.2. The fourth-order valence-corrected chi connectivity index (χ4v) is 6.84. The summed E-state index contributed by atoms with van der Waals surface area (Å²) in [6.07, 6.45) is 8.30. The number of hydrogen-bond acceptors (Lipinski definition) is 3. The molecule has 8 aromatic rings. The first kappa shape index (κ1) is 26.5. The predicted octanol–water partition coefficient (Wildman–Crippen LogP) is 11.9. The smallest absolute Gasteiger partial charge is 0.137 e. The molecule has 0 fully saturated rings. The van der Waals surface area contributed by atoms with E-state index in [0.717, 1.165) is 57.5 Å². The van der Waals surface area contributed by atoms with Crippen LogP contribution in [-0.4, -0.2) is 4.98 Å². The molecule has 1 aliphatic carbocycles. The van der Waals surface area contributed by atoms with Crippen LogP contribution in [0.2, 0.25) is 0 Å². The number of pyridine rings is 1. The van der Waals surface area contributed by atoms with Crippen molar-refractivity contribution >= 4 is 55.8 Å². The monoisotopic (exact) mass is 590 g/mol. The lowest BCUT2D eigenvalue weighted by Gasteiger charge is -2.26. The quantitative estimate of drug-likeness (QED) is 0.200. The molecule has 0 saturated heterocycles. The zero-order valence-electron chi connectivity index (χ0n) is 25.2. The maximum absolute atomic E-state index is 6.20. The minimum absolute atomic E-state index is 0.905. The molecule has 1 aliphatic rings. The van der Waals surface area contributed by atoms with E-state index in [-0.39, 0.29) is 0 Å². The van der Waals surface area contributed by atoms with Crippen LogP contribution in [0.4, 0.5) is 17.1 Å². The van der Waals surface area contributed by atoms with Gasteiger partial charge in [-0.25, -0.2) is 0 Å². The van der Waals surface area contributed by atoms with Crippen molar-refractivity contribution in [2.45, 2.75) is 12.8 Å². The van der Waals surface area contributed by atoms with E-state index in [0.29, 0.717) is 0 Å². The number of aryl methyl sites for hydroxylation is 1. The highest BCUT2D eigenvalue weighted by Crippen LogP contribution is 2.40. The fourth-order valence-electron chi connectivity index (χ4n) is 6.84. The van der Waals surface area contributed by atoms with Gasteiger partial charge in [0.05, 0.1) is 22.8 Å². The lowest BCUT2D eigenvalue weighted by atomic mass is 9.99. The zero-order chi connectivity index (χ0) is 30.5. The van der Waals surface area contributed by atoms with Crippen molar-refractivity contribution in [2.75, 3.05) is 4.90 Å². The maximum Gasteiger partial charge on any atom is 0.137 e. The standard InChI is InChI=1S/C43H30N2O/c1-3-9-29(10-4-1)31-17-21-36(22-18-31)45(37-23-19-33-25-32(15-16-34(33)26-37)30-11-5-2-6-12-30)38-27-35-20-24-41-42(43(35)44-28-38)39-13-7-8-14-40(39)46-41/h1-6,8-12,14-28H,7,13H2. The van der Waals surface area contributed by atoms with E-state index < -0.39 is 0 Å². The number of rotatable bonds is 5. The molecule has 0 saturated carbocycles. The number of nitrogens with zero attached hydrogens (tertiary/aromatic N) is 2. The van der Waals surface area contributed by atoms with Gasteiger partial charge in [-0.15, -0.1) is 0 Å². The molecule has 0 N–H and O–H groups in total. The van der Waals surface area contributed by atoms with Crippen molar-refractivity contribution in [3.63, 3.8) is 0 Å². The SMILES string of the molecule is C1=Cc2oc3ccc4cc(N(c5ccc(-c6ccccc6)cc5)c5ccc6cc(-c7ccccc7)ccc6c5)cnc4c3c2CC1. The van der Waals surface area contributed by atoms with E-state index in [4.69, 9.17) is 9.40 Å². The second-order valence-corrected chi connectivity index (χ2v) is 12.0. The summed E-state index contributed by atoms with van der Waals surface area (Å²) in [6, 6.07) is 49.8. The molecule has 9 rings (SSSR count). The number of furan rings is 1. The number of fused-ring (bicyclic) bond motifs is 6. The van der Waals surface area contributed by atoms with Crippen molar-refractivity contribution in [3.8, 4) is 22.3 Å². The second kappa shape index (κ2) is 10.9. The van der Waals surface area contributed by atoms with Gasteiger partial charge in [-0.1, -0.05) is 97.1 Å². The van der Waals surface area contributed by atoms with Crippen molar-refractivity contribution < 1.29 is 4.42 Å². The molecule has 0 aliphatic heterocycles. The van der Waals surface area contributed by atoms with Gasteiger partial charge in [0.25, 0.3) is 0 Å². The normalized spacial score (nSPS) is 12.5. The fraction of sp³-hybridized carbons (Fsp3) is 0.0465. The molecule has 0 unspecified atom stereocenters. The molecular weight excluding hydrogens is 560 g/mol. The minimum Gasteiger partial charge on any atom is -0.456 e. The molecule has 3 nitrogen and oxygen atoms in total. The molecule has 2 heterocycles. The molecule has 218 valence electrons. The summed E-state index contributed by atoms with van der Waals surface area (Å²) in [4.78, 5) is 7.42. The first-order chi connectivity index (χ1) is 22.8. The third kappa shape index (κ3) is 4.56. The third-order valence-electron chi connectivity index (χ3n) is 9.13. The summed E-state index contributed by atoms with van der Waals surface area (Å²) >= 11 is 0. The van der Waals surface area contributed by atoms with E-state index in [1.54, 1.807) is 0 Å². The van der Waals surface area contributed by atoms with E-state index in [1.807, 2.05) is 6.20 Å². The van der Waals surface area contributed by atoms with Gasteiger partial charge in [0.15, 0.2) is 0 Å². The Bertz CT molecular complexity index is 2400. The lowest BCUT2D eigenvalue weighted by molar-refractivity contribution is 0.595. The molecule has 0 bridgehead atoms. The highest BCUT2D eigenvalue weighted by molar-refractivity contribution is 6.07. The Kier molecular flexibility index (Phi) is 6.27. The molecular formula is C43H30N2O. The van der Waals surface area contributed by atoms with E-state index in [1.165, 1.54) is 38.6 Å². The Morgan fingerprint density at radius 3 is 1.98 bits per heavy atom. The molecule has 0 amide bonds. The average Bonchev–Trinajstić information content (AvgIpc) is 3.52. The lowest BCUT2D eigenvalue weighted by Crippen LogP contribution is -2.10. The molecule has 46 heavy (non-hydrogen) atoms. The Balaban J connectivity index is 1.18. The molecule has 2 aromatic heterocycles. The van der Waals surface area contributed by atoms with Crippen LogP contribution in [0.1, 0.15) is 17.7 Å². The Morgan fingerprint density at radius 2 is 1.17 bits per heavy atom. The summed E-state index contributed by atoms with van der Waals surface area (Å²) in [5.74, 6) is 0.964. The average molecular weight is 591 g/mol. The highest BCUT2D eigenvalue weighted by Gasteiger charge is 2.20. The van der Waals surface area contributed by atoms with Crippen molar-refractivity contribution in [1.29, 1.82) is 0 Å². The van der Waals surface area contributed by atoms with E-state index >= 15 is 0 Å². The summed E-state index contributed by atoms with van der Waals surface area (Å²) in [7, 11) is 0. The molecule has 0 atom stereocenters. The number of allylic oxidation sites excluding steroid dienone is 1. The Labute approximate surface area is 267 Å². The molecule has 3 heteroatoms. The van der Waals surface area contributed by atoms with Gasteiger partial charge in [-0.2, -0.15) is 0 Å². The van der Waals surface area contributed by atoms with Gasteiger partial charge < -0.3 is 9.32 Å². The maximum atomic E-state index is 6.20. The summed E-state index contributed by atoms with van der Waals surface area (Å²) < 4.78 is 6.20. The van der Waals surface area contributed by atoms with Gasteiger partial charge in [0.1, 0.15) is 11.3 Å². The van der Waals surface area contributed by atoms with Gasteiger partial charge in [-0.05, 0) is 100 Å². The van der Waals surface area contributed by atoms with Gasteiger partial charge >= 0.3 is 0 Å². The largest absolute Gasteiger partial charge is 0.456 e. The van der Waals surface area contributed by atoms with Crippen LogP contribution >= 0.6 is 0 Å². The van der Waals surface area contributed by atoms with Crippen LogP contribution in [0.5, 0.6) is 0 Å². The predicted molar refractivity (Wildman–Crippen MR) is 192 cm³/mol. The van der Waals surface area contributed by atoms with Crippen LogP contribution in [0, 0.1) is 0 Å². The van der Waals surface area contributed by atoms with Crippen molar-refractivity contribution in [2.24, 2.45) is 0 Å². The van der Waals surface area contributed by atoms with Crippen LogP contribution in [0.25, 0.3) is 61.0 Å². The first-order valence-corrected chi connectivity index (χ1v) is 15.8. The third-order valence-corrected chi connectivity index (χ3v) is 9.13. The molecule has 0 spiro atoms. The topological polar surface area (TPSA) is 29.3 Å². The van der Waals surface area contributed by atoms with Gasteiger partial charge in [-0.3, -0.25) is 4.98 Å². The highest BCUT2D eigenvalue weighted by atomic mass is 16.3. The molecule has 0 radical (unpaired) electrons. The minimum atomic E-state index is 0.905. The van der Waals surface area contributed by atoms with Crippen LogP contribution in [-0.2, 0) is 6.42 Å². The van der Waals surface area contributed by atoms with Crippen LogP contribution in [0.15, 0.2) is 156 Å². The Morgan fingerprint density at radius 1 is 0.543 bits per heavy atom. The van der Waals surface area contributed by atoms with Gasteiger partial charge in [0, 0.05) is 22.3 Å². The summed E-state index contributed by atoms with van der Waals surface area (Å²) in [5, 5.41) is 4.64. The number of aromatic nitrogens is 1. The van der Waals surface area contributed by atoms with Gasteiger partial charge in [0.2, 0.25) is 0 Å². The molecule has 6 aromatic carbocycles. The van der Waals surface area contributed by atoms with E-state index in [9.17, 15) is 0 Å². The van der Waals surface area contributed by atoms with E-state index in [2.05, 4.69) is 157 Å². The Hall–Kier alpha value is -5.93. The second-order valence-electron chi connectivity index (χ2n) is 12.0. The number of anilines is 3. The van der Waals surface area contributed by atoms with Crippen LogP contribution < -0.4 is 4.90 Å². The van der Waals surface area contributed by atoms with Crippen molar-refractivity contribution in [1.82, 2.24) is 4.98 Å². The zero-order valence-corrected chi connectivity index (χ0v) is 25.2. The van der Waals surface area contributed by atoms with Crippen molar-refractivity contribution in [3.05, 3.63) is 163 Å².